The highest BCUT2D eigenvalue weighted by Gasteiger charge is 2.31. The number of benzene rings is 1. The van der Waals surface area contributed by atoms with E-state index in [1.807, 2.05) is 0 Å². The third kappa shape index (κ3) is 4.68. The van der Waals surface area contributed by atoms with Crippen molar-refractivity contribution in [1.29, 1.82) is 0 Å². The molecule has 146 valence electrons. The first-order valence-corrected chi connectivity index (χ1v) is 9.50. The molecule has 1 aliphatic carbocycles. The number of hydrogen-bond acceptors (Lipinski definition) is 4. The van der Waals surface area contributed by atoms with E-state index in [1.54, 1.807) is 19.1 Å². The summed E-state index contributed by atoms with van der Waals surface area (Å²) < 4.78 is 10.6. The van der Waals surface area contributed by atoms with Crippen LogP contribution >= 0.6 is 0 Å². The second-order valence-corrected chi connectivity index (χ2v) is 7.56. The van der Waals surface area contributed by atoms with Gasteiger partial charge in [-0.25, -0.2) is 0 Å². The molecular weight excluding hydrogens is 340 g/mol. The molecule has 0 spiro atoms. The van der Waals surface area contributed by atoms with Crippen molar-refractivity contribution in [2.45, 2.75) is 53.4 Å². The number of Topliss-reactive ketones (excluding diaryl/α,β-unsaturated/α-hetero) is 2. The third-order valence-corrected chi connectivity index (χ3v) is 5.09. The first-order valence-electron chi connectivity index (χ1n) is 9.50. The smallest absolute Gasteiger partial charge is 0.190 e. The molecule has 2 rings (SSSR count). The molecule has 0 unspecified atom stereocenters. The lowest BCUT2D eigenvalue weighted by atomic mass is 9.82. The molecular formula is C23H30O4. The zero-order valence-corrected chi connectivity index (χ0v) is 17.3. The minimum Gasteiger partial charge on any atom is -0.493 e. The summed E-state index contributed by atoms with van der Waals surface area (Å²) in [4.78, 5) is 25.8. The average molecular weight is 370 g/mol. The summed E-state index contributed by atoms with van der Waals surface area (Å²) in [6, 6.07) is 3.21. The molecule has 4 heteroatoms. The Hall–Kier alpha value is -2.36. The van der Waals surface area contributed by atoms with Gasteiger partial charge in [-0.05, 0) is 51.2 Å². The number of carbonyl (C=O) groups is 2. The molecule has 0 aromatic heterocycles. The maximum absolute atomic E-state index is 13.0. The largest absolute Gasteiger partial charge is 0.493 e. The summed E-state index contributed by atoms with van der Waals surface area (Å²) in [5.74, 6) is 1.38. The Bertz CT molecular complexity index is 797. The van der Waals surface area contributed by atoms with Gasteiger partial charge in [-0.2, -0.15) is 0 Å². The first-order chi connectivity index (χ1) is 12.8. The van der Waals surface area contributed by atoms with Crippen LogP contribution in [0.3, 0.4) is 0 Å². The standard InChI is InChI=1S/C23H30O4/c1-14(2)8-7-9-15(3)10-11-17-16(4)22(24)18-12-20(26-5)21(27-6)13-19(18)23(17)25/h10,12-14H,7-9,11H2,1-6H3/b15-10+. The van der Waals surface area contributed by atoms with E-state index >= 15 is 0 Å². The van der Waals surface area contributed by atoms with Gasteiger partial charge in [-0.15, -0.1) is 0 Å². The van der Waals surface area contributed by atoms with E-state index in [2.05, 4.69) is 26.8 Å². The van der Waals surface area contributed by atoms with E-state index in [0.29, 0.717) is 46.1 Å². The molecule has 0 bridgehead atoms. The summed E-state index contributed by atoms with van der Waals surface area (Å²) in [7, 11) is 3.03. The molecule has 0 radical (unpaired) electrons. The number of fused-ring (bicyclic) bond motifs is 1. The molecule has 0 amide bonds. The molecule has 0 N–H and O–H groups in total. The van der Waals surface area contributed by atoms with E-state index < -0.39 is 0 Å². The van der Waals surface area contributed by atoms with Crippen LogP contribution in [0.25, 0.3) is 0 Å². The van der Waals surface area contributed by atoms with Gasteiger partial charge in [0.1, 0.15) is 0 Å². The van der Waals surface area contributed by atoms with Crippen LogP contribution in [-0.2, 0) is 0 Å². The van der Waals surface area contributed by atoms with E-state index in [4.69, 9.17) is 9.47 Å². The van der Waals surface area contributed by atoms with Crippen molar-refractivity contribution in [2.24, 2.45) is 5.92 Å². The van der Waals surface area contributed by atoms with E-state index in [0.717, 1.165) is 12.8 Å². The number of rotatable bonds is 8. The van der Waals surface area contributed by atoms with Crippen LogP contribution in [0.1, 0.15) is 74.1 Å². The fourth-order valence-corrected chi connectivity index (χ4v) is 3.34. The number of ketones is 2. The lowest BCUT2D eigenvalue weighted by Crippen LogP contribution is -2.21. The van der Waals surface area contributed by atoms with Crippen molar-refractivity contribution < 1.29 is 19.1 Å². The van der Waals surface area contributed by atoms with Crippen molar-refractivity contribution in [3.05, 3.63) is 46.1 Å². The van der Waals surface area contributed by atoms with Crippen molar-refractivity contribution >= 4 is 11.6 Å². The average Bonchev–Trinajstić information content (AvgIpc) is 2.64. The van der Waals surface area contributed by atoms with Gasteiger partial charge < -0.3 is 9.47 Å². The quantitative estimate of drug-likeness (QED) is 0.562. The van der Waals surface area contributed by atoms with Crippen LogP contribution in [0.5, 0.6) is 11.5 Å². The number of hydrogen-bond donors (Lipinski definition) is 0. The van der Waals surface area contributed by atoms with Crippen molar-refractivity contribution in [3.8, 4) is 11.5 Å². The molecule has 0 aliphatic heterocycles. The summed E-state index contributed by atoms with van der Waals surface area (Å²) in [5.41, 5.74) is 3.13. The molecule has 0 saturated heterocycles. The van der Waals surface area contributed by atoms with Gasteiger partial charge >= 0.3 is 0 Å². The second kappa shape index (κ2) is 9.03. The van der Waals surface area contributed by atoms with Crippen LogP contribution in [-0.4, -0.2) is 25.8 Å². The summed E-state index contributed by atoms with van der Waals surface area (Å²) >= 11 is 0. The fraction of sp³-hybridized carbons (Fsp3) is 0.478. The van der Waals surface area contributed by atoms with Crippen molar-refractivity contribution in [1.82, 2.24) is 0 Å². The molecule has 1 aromatic carbocycles. The number of ether oxygens (including phenoxy) is 2. The Kier molecular flexibility index (Phi) is 7.00. The highest BCUT2D eigenvalue weighted by Crippen LogP contribution is 2.36. The van der Waals surface area contributed by atoms with Crippen molar-refractivity contribution in [2.75, 3.05) is 14.2 Å². The van der Waals surface area contributed by atoms with E-state index in [9.17, 15) is 9.59 Å². The minimum absolute atomic E-state index is 0.103. The van der Waals surface area contributed by atoms with E-state index in [-0.39, 0.29) is 11.6 Å². The molecule has 0 heterocycles. The molecule has 0 fully saturated rings. The Morgan fingerprint density at radius 2 is 1.59 bits per heavy atom. The Balaban J connectivity index is 2.27. The van der Waals surface area contributed by atoms with Crippen LogP contribution in [0.15, 0.2) is 34.9 Å². The molecule has 0 atom stereocenters. The monoisotopic (exact) mass is 370 g/mol. The zero-order valence-electron chi connectivity index (χ0n) is 17.3. The van der Waals surface area contributed by atoms with E-state index in [1.165, 1.54) is 26.2 Å². The lowest BCUT2D eigenvalue weighted by molar-refractivity contribution is 0.0972. The molecule has 27 heavy (non-hydrogen) atoms. The fourth-order valence-electron chi connectivity index (χ4n) is 3.34. The highest BCUT2D eigenvalue weighted by molar-refractivity contribution is 6.27. The van der Waals surface area contributed by atoms with Crippen LogP contribution in [0, 0.1) is 5.92 Å². The van der Waals surface area contributed by atoms with Gasteiger partial charge in [0.05, 0.1) is 14.2 Å². The molecule has 0 saturated carbocycles. The predicted octanol–water partition coefficient (Wildman–Crippen LogP) is 5.56. The van der Waals surface area contributed by atoms with Crippen LogP contribution in [0.2, 0.25) is 0 Å². The second-order valence-electron chi connectivity index (χ2n) is 7.56. The Morgan fingerprint density at radius 1 is 1.04 bits per heavy atom. The highest BCUT2D eigenvalue weighted by atomic mass is 16.5. The predicted molar refractivity (Wildman–Crippen MR) is 108 cm³/mol. The van der Waals surface area contributed by atoms with Gasteiger partial charge in [0.2, 0.25) is 0 Å². The summed E-state index contributed by atoms with van der Waals surface area (Å²) in [5, 5.41) is 0. The van der Waals surface area contributed by atoms with Gasteiger partial charge in [-0.3, -0.25) is 9.59 Å². The number of carbonyl (C=O) groups excluding carboxylic acids is 2. The van der Waals surface area contributed by atoms with Gasteiger partial charge in [0.15, 0.2) is 23.1 Å². The zero-order chi connectivity index (χ0) is 20.1. The normalized spacial score (nSPS) is 14.7. The Labute approximate surface area is 162 Å². The number of allylic oxidation sites excluding steroid dienone is 4. The minimum atomic E-state index is -0.119. The topological polar surface area (TPSA) is 52.6 Å². The van der Waals surface area contributed by atoms with Gasteiger partial charge in [0.25, 0.3) is 0 Å². The Morgan fingerprint density at radius 3 is 2.11 bits per heavy atom. The maximum atomic E-state index is 13.0. The van der Waals surface area contributed by atoms with Gasteiger partial charge in [0, 0.05) is 22.3 Å². The molecule has 1 aliphatic rings. The first kappa shape index (κ1) is 20.9. The summed E-state index contributed by atoms with van der Waals surface area (Å²) in [6.07, 6.45) is 5.92. The SMILES string of the molecule is COc1cc2c(cc1OC)C(=O)C(C/C=C(\C)CCCC(C)C)=C(C)C2=O. The summed E-state index contributed by atoms with van der Waals surface area (Å²) in [6.45, 7) is 8.27. The molecule has 1 aromatic rings. The molecule has 4 nitrogen and oxygen atoms in total. The van der Waals surface area contributed by atoms with Crippen molar-refractivity contribution in [3.63, 3.8) is 0 Å². The maximum Gasteiger partial charge on any atom is 0.190 e. The van der Waals surface area contributed by atoms with Crippen LogP contribution in [0.4, 0.5) is 0 Å². The third-order valence-electron chi connectivity index (χ3n) is 5.09. The lowest BCUT2D eigenvalue weighted by Gasteiger charge is -2.20. The van der Waals surface area contributed by atoms with Crippen LogP contribution < -0.4 is 9.47 Å². The van der Waals surface area contributed by atoms with Gasteiger partial charge in [-0.1, -0.05) is 31.9 Å². The number of methoxy groups -OCH3 is 2.